The molecule has 124 valence electrons. The van der Waals surface area contributed by atoms with Crippen LogP contribution in [0.2, 0.25) is 0 Å². The van der Waals surface area contributed by atoms with E-state index in [9.17, 15) is 0 Å². The number of hydrogen-bond donors (Lipinski definition) is 1. The van der Waals surface area contributed by atoms with Crippen molar-refractivity contribution in [1.82, 2.24) is 19.8 Å². The van der Waals surface area contributed by atoms with E-state index in [2.05, 4.69) is 63.3 Å². The highest BCUT2D eigenvalue weighted by Gasteiger charge is 2.16. The van der Waals surface area contributed by atoms with E-state index in [0.717, 1.165) is 49.6 Å². The van der Waals surface area contributed by atoms with E-state index in [4.69, 9.17) is 4.98 Å². The summed E-state index contributed by atoms with van der Waals surface area (Å²) in [6.07, 6.45) is 1.22. The zero-order chi connectivity index (χ0) is 16.2. The SMILES string of the molecule is c1ccc(CN2CCCN(Cc3nc4ccccc4[nH]3)CC2)cc1. The first-order chi connectivity index (χ1) is 11.9. The molecule has 2 heterocycles. The van der Waals surface area contributed by atoms with Gasteiger partial charge in [-0.1, -0.05) is 42.5 Å². The molecule has 0 atom stereocenters. The lowest BCUT2D eigenvalue weighted by Gasteiger charge is -2.21. The molecule has 0 aliphatic carbocycles. The van der Waals surface area contributed by atoms with Crippen molar-refractivity contribution in [3.63, 3.8) is 0 Å². The summed E-state index contributed by atoms with van der Waals surface area (Å²) in [5, 5.41) is 0. The van der Waals surface area contributed by atoms with Crippen LogP contribution in [0.1, 0.15) is 17.8 Å². The molecule has 0 radical (unpaired) electrons. The van der Waals surface area contributed by atoms with Crippen LogP contribution >= 0.6 is 0 Å². The molecule has 4 heteroatoms. The van der Waals surface area contributed by atoms with Crippen molar-refractivity contribution in [2.75, 3.05) is 26.2 Å². The maximum Gasteiger partial charge on any atom is 0.121 e. The number of rotatable bonds is 4. The second kappa shape index (κ2) is 7.16. The third-order valence-corrected chi connectivity index (χ3v) is 4.74. The first-order valence-corrected chi connectivity index (χ1v) is 8.79. The predicted octanol–water partition coefficient (Wildman–Crippen LogP) is 3.27. The number of aromatic nitrogens is 2. The number of hydrogen-bond acceptors (Lipinski definition) is 3. The van der Waals surface area contributed by atoms with Crippen LogP contribution in [0.15, 0.2) is 54.6 Å². The molecule has 1 N–H and O–H groups in total. The summed E-state index contributed by atoms with van der Waals surface area (Å²) >= 11 is 0. The number of H-pyrrole nitrogens is 1. The maximum absolute atomic E-state index is 4.71. The van der Waals surface area contributed by atoms with E-state index in [1.807, 2.05) is 6.07 Å². The Bertz CT molecular complexity index is 747. The third-order valence-electron chi connectivity index (χ3n) is 4.74. The number of nitrogens with one attached hydrogen (secondary N) is 1. The summed E-state index contributed by atoms with van der Waals surface area (Å²) in [6.45, 7) is 6.50. The van der Waals surface area contributed by atoms with Gasteiger partial charge in [-0.25, -0.2) is 4.98 Å². The second-order valence-electron chi connectivity index (χ2n) is 6.59. The third kappa shape index (κ3) is 3.66. The van der Waals surface area contributed by atoms with Crippen molar-refractivity contribution in [2.45, 2.75) is 19.5 Å². The zero-order valence-corrected chi connectivity index (χ0v) is 14.0. The standard InChI is InChI=1S/C20H24N4/c1-2-7-17(8-3-1)15-23-11-6-12-24(14-13-23)16-20-21-18-9-4-5-10-19(18)22-20/h1-5,7-10H,6,11-16H2,(H,21,22). The Morgan fingerprint density at radius 1 is 0.792 bits per heavy atom. The Hall–Kier alpha value is -2.17. The van der Waals surface area contributed by atoms with Gasteiger partial charge >= 0.3 is 0 Å². The molecule has 1 aromatic heterocycles. The fourth-order valence-corrected chi connectivity index (χ4v) is 3.47. The van der Waals surface area contributed by atoms with Gasteiger partial charge in [0.1, 0.15) is 5.82 Å². The summed E-state index contributed by atoms with van der Waals surface area (Å²) in [5.74, 6) is 1.08. The van der Waals surface area contributed by atoms with Gasteiger partial charge in [-0.05, 0) is 37.2 Å². The predicted molar refractivity (Wildman–Crippen MR) is 97.7 cm³/mol. The van der Waals surface area contributed by atoms with Crippen LogP contribution in [0.5, 0.6) is 0 Å². The summed E-state index contributed by atoms with van der Waals surface area (Å²) < 4.78 is 0. The summed E-state index contributed by atoms with van der Waals surface area (Å²) in [6, 6.07) is 19.0. The highest BCUT2D eigenvalue weighted by Crippen LogP contribution is 2.14. The summed E-state index contributed by atoms with van der Waals surface area (Å²) in [4.78, 5) is 13.2. The van der Waals surface area contributed by atoms with E-state index in [1.165, 1.54) is 18.5 Å². The van der Waals surface area contributed by atoms with Crippen LogP contribution in [0.25, 0.3) is 11.0 Å². The molecule has 1 fully saturated rings. The van der Waals surface area contributed by atoms with Crippen molar-refractivity contribution in [3.05, 3.63) is 66.0 Å². The van der Waals surface area contributed by atoms with Crippen molar-refractivity contribution in [1.29, 1.82) is 0 Å². The van der Waals surface area contributed by atoms with Crippen LogP contribution in [0, 0.1) is 0 Å². The molecule has 1 aliphatic rings. The molecule has 0 unspecified atom stereocenters. The van der Waals surface area contributed by atoms with Gasteiger partial charge in [-0.2, -0.15) is 0 Å². The van der Waals surface area contributed by atoms with Crippen molar-refractivity contribution in [2.24, 2.45) is 0 Å². The molecule has 1 saturated heterocycles. The number of aromatic amines is 1. The number of imidazole rings is 1. The summed E-state index contributed by atoms with van der Waals surface area (Å²) in [7, 11) is 0. The van der Waals surface area contributed by atoms with Crippen LogP contribution in [-0.2, 0) is 13.1 Å². The van der Waals surface area contributed by atoms with Crippen LogP contribution < -0.4 is 0 Å². The van der Waals surface area contributed by atoms with Crippen molar-refractivity contribution < 1.29 is 0 Å². The molecular weight excluding hydrogens is 296 g/mol. The quantitative estimate of drug-likeness (QED) is 0.801. The topological polar surface area (TPSA) is 35.2 Å². The normalized spacial score (nSPS) is 17.2. The zero-order valence-electron chi connectivity index (χ0n) is 14.0. The summed E-state index contributed by atoms with van der Waals surface area (Å²) in [5.41, 5.74) is 3.60. The van der Waals surface area contributed by atoms with Crippen LogP contribution in [0.3, 0.4) is 0 Å². The van der Waals surface area contributed by atoms with Gasteiger partial charge in [-0.3, -0.25) is 9.80 Å². The Morgan fingerprint density at radius 3 is 2.29 bits per heavy atom. The molecule has 0 spiro atoms. The van der Waals surface area contributed by atoms with Gasteiger partial charge in [0.2, 0.25) is 0 Å². The van der Waals surface area contributed by atoms with E-state index < -0.39 is 0 Å². The van der Waals surface area contributed by atoms with Gasteiger partial charge in [0, 0.05) is 19.6 Å². The minimum absolute atomic E-state index is 0.911. The van der Waals surface area contributed by atoms with Crippen molar-refractivity contribution >= 4 is 11.0 Å². The highest BCUT2D eigenvalue weighted by atomic mass is 15.2. The number of benzene rings is 2. The van der Waals surface area contributed by atoms with Crippen LogP contribution in [-0.4, -0.2) is 45.9 Å². The minimum Gasteiger partial charge on any atom is -0.341 e. The molecule has 0 bridgehead atoms. The number of nitrogens with zero attached hydrogens (tertiary/aromatic N) is 3. The Labute approximate surface area is 143 Å². The lowest BCUT2D eigenvalue weighted by Crippen LogP contribution is -2.30. The number of para-hydroxylation sites is 2. The molecule has 4 rings (SSSR count). The smallest absolute Gasteiger partial charge is 0.121 e. The lowest BCUT2D eigenvalue weighted by molar-refractivity contribution is 0.244. The largest absolute Gasteiger partial charge is 0.341 e. The average molecular weight is 320 g/mol. The monoisotopic (exact) mass is 320 g/mol. The van der Waals surface area contributed by atoms with E-state index in [0.29, 0.717) is 0 Å². The molecule has 0 saturated carbocycles. The maximum atomic E-state index is 4.71. The average Bonchev–Trinajstić information content (AvgIpc) is 2.89. The lowest BCUT2D eigenvalue weighted by atomic mass is 10.2. The minimum atomic E-state index is 0.911. The van der Waals surface area contributed by atoms with Crippen LogP contribution in [0.4, 0.5) is 0 Å². The van der Waals surface area contributed by atoms with Gasteiger partial charge in [0.25, 0.3) is 0 Å². The first-order valence-electron chi connectivity index (χ1n) is 8.79. The molecular formula is C20H24N4. The van der Waals surface area contributed by atoms with E-state index in [-0.39, 0.29) is 0 Å². The second-order valence-corrected chi connectivity index (χ2v) is 6.59. The molecule has 0 amide bonds. The van der Waals surface area contributed by atoms with Gasteiger partial charge < -0.3 is 4.98 Å². The van der Waals surface area contributed by atoms with E-state index >= 15 is 0 Å². The van der Waals surface area contributed by atoms with E-state index in [1.54, 1.807) is 0 Å². The Morgan fingerprint density at radius 2 is 1.50 bits per heavy atom. The number of fused-ring (bicyclic) bond motifs is 1. The van der Waals surface area contributed by atoms with Gasteiger partial charge in [0.05, 0.1) is 17.6 Å². The fourth-order valence-electron chi connectivity index (χ4n) is 3.47. The Kier molecular flexibility index (Phi) is 4.58. The molecule has 2 aromatic carbocycles. The van der Waals surface area contributed by atoms with Gasteiger partial charge in [0.15, 0.2) is 0 Å². The Balaban J connectivity index is 1.36. The fraction of sp³-hybridized carbons (Fsp3) is 0.350. The van der Waals surface area contributed by atoms with Gasteiger partial charge in [-0.15, -0.1) is 0 Å². The molecule has 24 heavy (non-hydrogen) atoms. The molecule has 3 aromatic rings. The van der Waals surface area contributed by atoms with Crippen molar-refractivity contribution in [3.8, 4) is 0 Å². The highest BCUT2D eigenvalue weighted by molar-refractivity contribution is 5.74. The molecule has 1 aliphatic heterocycles. The first kappa shape index (κ1) is 15.4. The molecule has 4 nitrogen and oxygen atoms in total.